The molecule has 38 heavy (non-hydrogen) atoms. The lowest BCUT2D eigenvalue weighted by Crippen LogP contribution is -2.24. The lowest BCUT2D eigenvalue weighted by molar-refractivity contribution is -0.113. The highest BCUT2D eigenvalue weighted by Gasteiger charge is 2.18. The van der Waals surface area contributed by atoms with E-state index < -0.39 is 0 Å². The zero-order chi connectivity index (χ0) is 26.9. The van der Waals surface area contributed by atoms with E-state index in [0.29, 0.717) is 39.5 Å². The molecule has 196 valence electrons. The van der Waals surface area contributed by atoms with E-state index in [1.807, 2.05) is 34.9 Å². The number of ether oxygens (including phenoxy) is 3. The van der Waals surface area contributed by atoms with Crippen molar-refractivity contribution in [3.05, 3.63) is 84.2 Å². The van der Waals surface area contributed by atoms with Crippen molar-refractivity contribution in [3.8, 4) is 22.9 Å². The Bertz CT molecular complexity index is 1390. The number of carbonyl (C=O) groups is 2. The van der Waals surface area contributed by atoms with Gasteiger partial charge < -0.3 is 24.8 Å². The van der Waals surface area contributed by atoms with Gasteiger partial charge in [-0.05, 0) is 48.5 Å². The summed E-state index contributed by atoms with van der Waals surface area (Å²) in [5, 5.41) is 14.8. The Balaban J connectivity index is 1.46. The molecule has 0 unspecified atom stereocenters. The first-order chi connectivity index (χ1) is 18.5. The molecule has 0 aliphatic heterocycles. The molecule has 2 amide bonds. The normalized spacial score (nSPS) is 10.5. The summed E-state index contributed by atoms with van der Waals surface area (Å²) in [4.78, 5) is 25.4. The Hall–Kier alpha value is -4.51. The molecular weight excluding hydrogens is 506 g/mol. The Kier molecular flexibility index (Phi) is 8.83. The van der Waals surface area contributed by atoms with Gasteiger partial charge in [-0.25, -0.2) is 0 Å². The van der Waals surface area contributed by atoms with Crippen LogP contribution in [0.3, 0.4) is 0 Å². The quantitative estimate of drug-likeness (QED) is 0.279. The van der Waals surface area contributed by atoms with Crippen LogP contribution in [0.1, 0.15) is 16.2 Å². The molecule has 0 saturated carbocycles. The van der Waals surface area contributed by atoms with Crippen molar-refractivity contribution in [2.24, 2.45) is 0 Å². The maximum atomic E-state index is 12.7. The molecule has 0 saturated heterocycles. The van der Waals surface area contributed by atoms with Crippen LogP contribution in [0.5, 0.6) is 17.2 Å². The average molecular weight is 534 g/mol. The highest BCUT2D eigenvalue weighted by molar-refractivity contribution is 7.99. The summed E-state index contributed by atoms with van der Waals surface area (Å²) in [6, 6.07) is 21.5. The zero-order valence-electron chi connectivity index (χ0n) is 21.1. The third-order valence-corrected chi connectivity index (χ3v) is 6.42. The van der Waals surface area contributed by atoms with Crippen LogP contribution < -0.4 is 24.8 Å². The summed E-state index contributed by atoms with van der Waals surface area (Å²) in [5.41, 5.74) is 1.84. The van der Waals surface area contributed by atoms with E-state index in [1.54, 1.807) is 56.7 Å². The molecule has 11 heteroatoms. The highest BCUT2D eigenvalue weighted by Crippen LogP contribution is 2.29. The summed E-state index contributed by atoms with van der Waals surface area (Å²) in [6.45, 7) is 0.141. The average Bonchev–Trinajstić information content (AvgIpc) is 3.38. The van der Waals surface area contributed by atoms with Gasteiger partial charge in [-0.3, -0.25) is 14.2 Å². The molecule has 0 aliphatic carbocycles. The minimum absolute atomic E-state index is 0.0817. The second kappa shape index (κ2) is 12.6. The van der Waals surface area contributed by atoms with Crippen LogP contribution in [0.15, 0.2) is 78.0 Å². The van der Waals surface area contributed by atoms with Crippen LogP contribution in [-0.2, 0) is 11.3 Å². The van der Waals surface area contributed by atoms with Crippen molar-refractivity contribution in [2.75, 3.05) is 32.4 Å². The van der Waals surface area contributed by atoms with Crippen LogP contribution in [0.25, 0.3) is 5.69 Å². The summed E-state index contributed by atoms with van der Waals surface area (Å²) in [5.74, 6) is 1.90. The topological polar surface area (TPSA) is 117 Å². The number of aromatic nitrogens is 3. The van der Waals surface area contributed by atoms with Gasteiger partial charge in [0.05, 0.1) is 39.3 Å². The largest absolute Gasteiger partial charge is 0.497 e. The van der Waals surface area contributed by atoms with Gasteiger partial charge in [-0.1, -0.05) is 30.0 Å². The number of amides is 2. The fraction of sp³-hybridized carbons (Fsp3) is 0.185. The Labute approximate surface area is 224 Å². The molecule has 0 aliphatic rings. The molecule has 4 rings (SSSR count). The van der Waals surface area contributed by atoms with Gasteiger partial charge in [0.15, 0.2) is 11.0 Å². The van der Waals surface area contributed by atoms with Gasteiger partial charge in [0, 0.05) is 17.3 Å². The molecule has 0 atom stereocenters. The van der Waals surface area contributed by atoms with E-state index in [-0.39, 0.29) is 24.1 Å². The molecule has 3 aromatic carbocycles. The van der Waals surface area contributed by atoms with Gasteiger partial charge in [0.25, 0.3) is 5.91 Å². The summed E-state index contributed by atoms with van der Waals surface area (Å²) in [7, 11) is 4.66. The van der Waals surface area contributed by atoms with Crippen molar-refractivity contribution in [1.29, 1.82) is 0 Å². The third kappa shape index (κ3) is 6.43. The predicted molar refractivity (Wildman–Crippen MR) is 144 cm³/mol. The smallest absolute Gasteiger partial charge is 0.251 e. The standard InChI is InChI=1S/C27H27N5O5S/c1-35-20-11-9-18(10-12-20)26(34)28-16-24-30-31-27(32(24)19-7-5-4-6-8-19)38-17-25(33)29-22-14-13-21(36-2)15-23(22)37-3/h4-15H,16-17H2,1-3H3,(H,28,34)(H,29,33). The fourth-order valence-corrected chi connectivity index (χ4v) is 4.34. The predicted octanol–water partition coefficient (Wildman–Crippen LogP) is 3.95. The number of benzene rings is 3. The number of carbonyl (C=O) groups excluding carboxylic acids is 2. The first-order valence-electron chi connectivity index (χ1n) is 11.6. The molecule has 1 aromatic heterocycles. The number of hydrogen-bond acceptors (Lipinski definition) is 8. The number of methoxy groups -OCH3 is 3. The Morgan fingerprint density at radius 3 is 2.26 bits per heavy atom. The van der Waals surface area contributed by atoms with E-state index in [9.17, 15) is 9.59 Å². The molecule has 2 N–H and O–H groups in total. The van der Waals surface area contributed by atoms with Gasteiger partial charge in [-0.15, -0.1) is 10.2 Å². The summed E-state index contributed by atoms with van der Waals surface area (Å²) in [6.07, 6.45) is 0. The Morgan fingerprint density at radius 1 is 0.868 bits per heavy atom. The minimum Gasteiger partial charge on any atom is -0.497 e. The van der Waals surface area contributed by atoms with Gasteiger partial charge in [-0.2, -0.15) is 0 Å². The molecular formula is C27H27N5O5S. The van der Waals surface area contributed by atoms with E-state index >= 15 is 0 Å². The monoisotopic (exact) mass is 533 g/mol. The maximum Gasteiger partial charge on any atom is 0.251 e. The van der Waals surface area contributed by atoms with Crippen molar-refractivity contribution < 1.29 is 23.8 Å². The van der Waals surface area contributed by atoms with E-state index in [1.165, 1.54) is 18.9 Å². The van der Waals surface area contributed by atoms with Crippen molar-refractivity contribution in [2.45, 2.75) is 11.7 Å². The zero-order valence-corrected chi connectivity index (χ0v) is 22.0. The molecule has 0 spiro atoms. The number of nitrogens with zero attached hydrogens (tertiary/aromatic N) is 3. The van der Waals surface area contributed by atoms with Crippen molar-refractivity contribution in [3.63, 3.8) is 0 Å². The number of hydrogen-bond donors (Lipinski definition) is 2. The number of para-hydroxylation sites is 1. The number of thioether (sulfide) groups is 1. The molecule has 4 aromatic rings. The van der Waals surface area contributed by atoms with Gasteiger partial charge >= 0.3 is 0 Å². The lowest BCUT2D eigenvalue weighted by atomic mass is 10.2. The third-order valence-electron chi connectivity index (χ3n) is 5.49. The van der Waals surface area contributed by atoms with E-state index in [0.717, 1.165) is 5.69 Å². The molecule has 10 nitrogen and oxygen atoms in total. The van der Waals surface area contributed by atoms with E-state index in [4.69, 9.17) is 14.2 Å². The van der Waals surface area contributed by atoms with Crippen LogP contribution >= 0.6 is 11.8 Å². The highest BCUT2D eigenvalue weighted by atomic mass is 32.2. The van der Waals surface area contributed by atoms with Gasteiger partial charge in [0.2, 0.25) is 5.91 Å². The first-order valence-corrected chi connectivity index (χ1v) is 12.6. The second-order valence-electron chi connectivity index (χ2n) is 7.88. The molecule has 0 bridgehead atoms. The Morgan fingerprint density at radius 2 is 1.58 bits per heavy atom. The van der Waals surface area contributed by atoms with Gasteiger partial charge in [0.1, 0.15) is 17.2 Å². The van der Waals surface area contributed by atoms with Crippen molar-refractivity contribution >= 4 is 29.3 Å². The number of anilines is 1. The van der Waals surface area contributed by atoms with Crippen LogP contribution in [-0.4, -0.2) is 53.7 Å². The second-order valence-corrected chi connectivity index (χ2v) is 8.83. The minimum atomic E-state index is -0.253. The molecule has 1 heterocycles. The molecule has 0 fully saturated rings. The van der Waals surface area contributed by atoms with Crippen LogP contribution in [0, 0.1) is 0 Å². The lowest BCUT2D eigenvalue weighted by Gasteiger charge is -2.12. The number of rotatable bonds is 11. The number of nitrogens with one attached hydrogen (secondary N) is 2. The maximum absolute atomic E-state index is 12.7. The summed E-state index contributed by atoms with van der Waals surface area (Å²) >= 11 is 1.23. The SMILES string of the molecule is COc1ccc(C(=O)NCc2nnc(SCC(=O)Nc3ccc(OC)cc3OC)n2-c2ccccc2)cc1. The molecule has 0 radical (unpaired) electrons. The fourth-order valence-electron chi connectivity index (χ4n) is 3.57. The summed E-state index contributed by atoms with van der Waals surface area (Å²) < 4.78 is 17.5. The van der Waals surface area contributed by atoms with E-state index in [2.05, 4.69) is 20.8 Å². The first kappa shape index (κ1) is 26.6. The van der Waals surface area contributed by atoms with Crippen LogP contribution in [0.2, 0.25) is 0 Å². The van der Waals surface area contributed by atoms with Crippen molar-refractivity contribution in [1.82, 2.24) is 20.1 Å². The van der Waals surface area contributed by atoms with Crippen LogP contribution in [0.4, 0.5) is 5.69 Å².